The molecule has 0 bridgehead atoms. The summed E-state index contributed by atoms with van der Waals surface area (Å²) in [7, 11) is 0. The van der Waals surface area contributed by atoms with E-state index in [1.165, 1.54) is 11.1 Å². The average Bonchev–Trinajstić information content (AvgIpc) is 2.91. The van der Waals surface area contributed by atoms with Crippen molar-refractivity contribution in [3.05, 3.63) is 35.4 Å². The maximum Gasteiger partial charge on any atom is 0.191 e. The van der Waals surface area contributed by atoms with Crippen LogP contribution in [0.4, 0.5) is 0 Å². The zero-order chi connectivity index (χ0) is 15.1. The van der Waals surface area contributed by atoms with Gasteiger partial charge in [-0.25, -0.2) is 4.99 Å². The molecule has 1 saturated heterocycles. The quantitative estimate of drug-likeness (QED) is 0.439. The van der Waals surface area contributed by atoms with Crippen molar-refractivity contribution in [3.63, 3.8) is 0 Å². The van der Waals surface area contributed by atoms with Crippen LogP contribution in [0.1, 0.15) is 37.8 Å². The third-order valence-corrected chi connectivity index (χ3v) is 3.94. The Balaban J connectivity index is 0.00000242. The first kappa shape index (κ1) is 19.2. The maximum atomic E-state index is 5.81. The topological polar surface area (TPSA) is 45.7 Å². The van der Waals surface area contributed by atoms with Gasteiger partial charge in [0.2, 0.25) is 0 Å². The van der Waals surface area contributed by atoms with Gasteiger partial charge in [0.25, 0.3) is 0 Å². The van der Waals surface area contributed by atoms with Crippen molar-refractivity contribution < 1.29 is 4.74 Å². The Bertz CT molecular complexity index is 485. The second-order valence-corrected chi connectivity index (χ2v) is 5.88. The highest BCUT2D eigenvalue weighted by Crippen LogP contribution is 2.23. The van der Waals surface area contributed by atoms with Crippen LogP contribution in [0.25, 0.3) is 0 Å². The third-order valence-electron chi connectivity index (χ3n) is 3.94. The van der Waals surface area contributed by atoms with E-state index in [1.54, 1.807) is 0 Å². The van der Waals surface area contributed by atoms with E-state index in [0.717, 1.165) is 38.5 Å². The fourth-order valence-electron chi connectivity index (χ4n) is 2.54. The van der Waals surface area contributed by atoms with Crippen molar-refractivity contribution in [2.24, 2.45) is 4.99 Å². The van der Waals surface area contributed by atoms with Crippen LogP contribution in [0, 0.1) is 6.92 Å². The van der Waals surface area contributed by atoms with Crippen molar-refractivity contribution >= 4 is 29.9 Å². The largest absolute Gasteiger partial charge is 0.373 e. The van der Waals surface area contributed by atoms with Gasteiger partial charge in [-0.3, -0.25) is 0 Å². The summed E-state index contributed by atoms with van der Waals surface area (Å²) in [6.07, 6.45) is 2.26. The number of nitrogens with one attached hydrogen (secondary N) is 2. The molecule has 4 nitrogen and oxygen atoms in total. The molecule has 2 rings (SSSR count). The van der Waals surface area contributed by atoms with Crippen LogP contribution in [0.5, 0.6) is 0 Å². The monoisotopic (exact) mass is 417 g/mol. The number of aryl methyl sites for hydroxylation is 1. The first-order valence-corrected chi connectivity index (χ1v) is 7.83. The second kappa shape index (κ2) is 9.35. The molecule has 0 radical (unpaired) electrons. The molecule has 0 spiro atoms. The second-order valence-electron chi connectivity index (χ2n) is 5.88. The number of benzene rings is 1. The van der Waals surface area contributed by atoms with Gasteiger partial charge in [-0.15, -0.1) is 24.0 Å². The molecule has 1 aliphatic heterocycles. The molecule has 1 atom stereocenters. The molecule has 0 saturated carbocycles. The number of hydrogen-bond donors (Lipinski definition) is 2. The van der Waals surface area contributed by atoms with Crippen LogP contribution in [-0.4, -0.2) is 31.3 Å². The molecule has 22 heavy (non-hydrogen) atoms. The van der Waals surface area contributed by atoms with Gasteiger partial charge < -0.3 is 15.4 Å². The Hall–Kier alpha value is -0.820. The van der Waals surface area contributed by atoms with Crippen LogP contribution in [-0.2, 0) is 11.3 Å². The van der Waals surface area contributed by atoms with Crippen molar-refractivity contribution in [2.75, 3.05) is 19.7 Å². The summed E-state index contributed by atoms with van der Waals surface area (Å²) in [5, 5.41) is 6.70. The van der Waals surface area contributed by atoms with Crippen molar-refractivity contribution in [1.82, 2.24) is 10.6 Å². The van der Waals surface area contributed by atoms with Gasteiger partial charge in [0, 0.05) is 19.7 Å². The summed E-state index contributed by atoms with van der Waals surface area (Å²) >= 11 is 0. The summed E-state index contributed by atoms with van der Waals surface area (Å²) < 4.78 is 5.81. The number of hydrogen-bond acceptors (Lipinski definition) is 2. The van der Waals surface area contributed by atoms with E-state index in [-0.39, 0.29) is 29.6 Å². The molecule has 0 aromatic heterocycles. The van der Waals surface area contributed by atoms with E-state index in [9.17, 15) is 0 Å². The number of nitrogens with zero attached hydrogens (tertiary/aromatic N) is 1. The predicted molar refractivity (Wildman–Crippen MR) is 103 cm³/mol. The van der Waals surface area contributed by atoms with Crippen molar-refractivity contribution in [2.45, 2.75) is 45.8 Å². The number of guanidine groups is 1. The van der Waals surface area contributed by atoms with Gasteiger partial charge in [0.05, 0.1) is 12.1 Å². The lowest BCUT2D eigenvalue weighted by Gasteiger charge is -2.24. The van der Waals surface area contributed by atoms with Gasteiger partial charge in [0.15, 0.2) is 5.96 Å². The SMILES string of the molecule is CCNC(=NCc1ccccc1C)NCC1(C)CCCO1.I. The number of rotatable bonds is 5. The molecule has 0 amide bonds. The molecule has 5 heteroatoms. The van der Waals surface area contributed by atoms with Crippen molar-refractivity contribution in [1.29, 1.82) is 0 Å². The van der Waals surface area contributed by atoms with Crippen LogP contribution >= 0.6 is 24.0 Å². The first-order valence-electron chi connectivity index (χ1n) is 7.83. The highest BCUT2D eigenvalue weighted by atomic mass is 127. The summed E-state index contributed by atoms with van der Waals surface area (Å²) in [5.41, 5.74) is 2.49. The molecular weight excluding hydrogens is 389 g/mol. The fourth-order valence-corrected chi connectivity index (χ4v) is 2.54. The zero-order valence-electron chi connectivity index (χ0n) is 13.8. The van der Waals surface area contributed by atoms with Gasteiger partial charge in [0.1, 0.15) is 0 Å². The molecule has 124 valence electrons. The highest BCUT2D eigenvalue weighted by molar-refractivity contribution is 14.0. The summed E-state index contributed by atoms with van der Waals surface area (Å²) in [6.45, 7) is 9.59. The summed E-state index contributed by atoms with van der Waals surface area (Å²) in [5.74, 6) is 0.859. The van der Waals surface area contributed by atoms with E-state index < -0.39 is 0 Å². The molecule has 1 aromatic rings. The first-order chi connectivity index (χ1) is 10.1. The van der Waals surface area contributed by atoms with Crippen LogP contribution < -0.4 is 10.6 Å². The van der Waals surface area contributed by atoms with Crippen LogP contribution in [0.3, 0.4) is 0 Å². The molecule has 2 N–H and O–H groups in total. The van der Waals surface area contributed by atoms with Gasteiger partial charge in [-0.2, -0.15) is 0 Å². The Morgan fingerprint density at radius 2 is 2.09 bits per heavy atom. The van der Waals surface area contributed by atoms with E-state index in [0.29, 0.717) is 6.54 Å². The number of aliphatic imine (C=N–C) groups is 1. The minimum atomic E-state index is -0.0567. The number of ether oxygens (including phenoxy) is 1. The summed E-state index contributed by atoms with van der Waals surface area (Å²) in [6, 6.07) is 8.37. The van der Waals surface area contributed by atoms with E-state index in [2.05, 4.69) is 60.7 Å². The van der Waals surface area contributed by atoms with Gasteiger partial charge in [-0.05, 0) is 44.7 Å². The predicted octanol–water partition coefficient (Wildman–Crippen LogP) is 3.24. The van der Waals surface area contributed by atoms with Gasteiger partial charge in [-0.1, -0.05) is 24.3 Å². The van der Waals surface area contributed by atoms with Crippen LogP contribution in [0.15, 0.2) is 29.3 Å². The fraction of sp³-hybridized carbons (Fsp3) is 0.588. The smallest absolute Gasteiger partial charge is 0.191 e. The molecule has 0 aliphatic carbocycles. The lowest BCUT2D eigenvalue weighted by Crippen LogP contribution is -2.45. The molecule has 1 aliphatic rings. The third kappa shape index (κ3) is 5.76. The molecule has 1 fully saturated rings. The minimum absolute atomic E-state index is 0. The lowest BCUT2D eigenvalue weighted by molar-refractivity contribution is 0.0243. The normalized spacial score (nSPS) is 21.3. The molecule has 1 aromatic carbocycles. The maximum absolute atomic E-state index is 5.81. The summed E-state index contributed by atoms with van der Waals surface area (Å²) in [4.78, 5) is 4.68. The Morgan fingerprint density at radius 1 is 1.32 bits per heavy atom. The molecule has 1 heterocycles. The van der Waals surface area contributed by atoms with E-state index in [4.69, 9.17) is 4.74 Å². The zero-order valence-corrected chi connectivity index (χ0v) is 16.1. The average molecular weight is 417 g/mol. The van der Waals surface area contributed by atoms with Gasteiger partial charge >= 0.3 is 0 Å². The van der Waals surface area contributed by atoms with E-state index >= 15 is 0 Å². The molecular formula is C17H28IN3O. The van der Waals surface area contributed by atoms with Crippen LogP contribution in [0.2, 0.25) is 0 Å². The lowest BCUT2D eigenvalue weighted by atomic mass is 10.0. The highest BCUT2D eigenvalue weighted by Gasteiger charge is 2.29. The van der Waals surface area contributed by atoms with Crippen molar-refractivity contribution in [3.8, 4) is 0 Å². The standard InChI is InChI=1S/C17H27N3O.HI/c1-4-18-16(20-13-17(3)10-7-11-21-17)19-12-15-9-6-5-8-14(15)2;/h5-6,8-9H,4,7,10-13H2,1-3H3,(H2,18,19,20);1H. The Kier molecular flexibility index (Phi) is 8.17. The van der Waals surface area contributed by atoms with E-state index in [1.807, 2.05) is 0 Å². The molecule has 1 unspecified atom stereocenters. The number of halogens is 1. The Labute approximate surface area is 151 Å². The Morgan fingerprint density at radius 3 is 2.73 bits per heavy atom. The minimum Gasteiger partial charge on any atom is -0.373 e.